The average Bonchev–Trinajstić information content (AvgIpc) is 1.82. The molecule has 2 saturated heterocycles. The molecule has 3 heterocycles. The fourth-order valence-corrected chi connectivity index (χ4v) is 12.5. The molecule has 1 unspecified atom stereocenters. The van der Waals surface area contributed by atoms with Gasteiger partial charge in [0, 0.05) is 5.56 Å². The summed E-state index contributed by atoms with van der Waals surface area (Å²) in [6.07, 6.45) is -7.60. The van der Waals surface area contributed by atoms with E-state index >= 15 is 4.79 Å². The molecular formula is C76H74N2O12S. The summed E-state index contributed by atoms with van der Waals surface area (Å²) < 4.78 is 78.7. The van der Waals surface area contributed by atoms with Crippen LogP contribution >= 0.6 is 11.8 Å². The average molecular weight is 1240 g/mol. The fraction of sp³-hybridized carbons (Fsp3) is 0.263. The summed E-state index contributed by atoms with van der Waals surface area (Å²) >= 11 is 1.28. The molecule has 0 bridgehead atoms. The molecule has 91 heavy (non-hydrogen) atoms. The zero-order chi connectivity index (χ0) is 61.8. The number of ether oxygens (including phenoxy) is 11. The summed E-state index contributed by atoms with van der Waals surface area (Å²) in [4.78, 5) is 20.2. The van der Waals surface area contributed by atoms with E-state index in [9.17, 15) is 0 Å². The van der Waals surface area contributed by atoms with E-state index in [4.69, 9.17) is 57.1 Å². The topological polar surface area (TPSA) is 136 Å². The summed E-state index contributed by atoms with van der Waals surface area (Å²) in [7, 11) is 1.60. The molecule has 15 heteroatoms. The van der Waals surface area contributed by atoms with Crippen molar-refractivity contribution >= 4 is 28.7 Å². The van der Waals surface area contributed by atoms with Gasteiger partial charge in [0.05, 0.1) is 77.6 Å². The number of imidazole rings is 1. The number of para-hydroxylation sites is 2. The SMILES string of the molecule is COc1ccc(C(=O)n2c(S[C@@H]3O[C@H](COC4O[C@H](COCc5ccccc5)[C@@H](OCc5ccccc5)[C@H](OCc5ccccc5)[C@H]4OCc4ccccc4)[C@@H](OCc4ccccc4)[C@H](OCc4ccccc4)[C@H]3OCc3ccccc3)nc3ccccc32)cc1. The fourth-order valence-electron chi connectivity index (χ4n) is 11.3. The molecule has 466 valence electrons. The number of benzene rings is 9. The van der Waals surface area contributed by atoms with Crippen molar-refractivity contribution in [1.29, 1.82) is 0 Å². The molecule has 0 amide bonds. The van der Waals surface area contributed by atoms with Crippen molar-refractivity contribution in [3.05, 3.63) is 305 Å². The van der Waals surface area contributed by atoms with Crippen LogP contribution in [0.2, 0.25) is 0 Å². The van der Waals surface area contributed by atoms with Crippen LogP contribution in [-0.4, -0.2) is 96.3 Å². The number of hydrogen-bond donors (Lipinski definition) is 0. The Balaban J connectivity index is 0.946. The van der Waals surface area contributed by atoms with E-state index < -0.39 is 60.6 Å². The number of rotatable bonds is 29. The summed E-state index contributed by atoms with van der Waals surface area (Å²) in [5.74, 6) is 0.339. The molecule has 2 fully saturated rings. The van der Waals surface area contributed by atoms with Crippen LogP contribution in [0.3, 0.4) is 0 Å². The smallest absolute Gasteiger partial charge is 0.264 e. The zero-order valence-corrected chi connectivity index (χ0v) is 51.5. The van der Waals surface area contributed by atoms with Crippen molar-refractivity contribution in [3.63, 3.8) is 0 Å². The van der Waals surface area contributed by atoms with Crippen LogP contribution in [0.15, 0.2) is 266 Å². The number of carbonyl (C=O) groups is 1. The quantitative estimate of drug-likeness (QED) is 0.0440. The zero-order valence-electron chi connectivity index (χ0n) is 50.7. The molecule has 0 saturated carbocycles. The van der Waals surface area contributed by atoms with Crippen LogP contribution in [0.5, 0.6) is 5.75 Å². The molecule has 14 nitrogen and oxygen atoms in total. The van der Waals surface area contributed by atoms with Crippen molar-refractivity contribution in [2.24, 2.45) is 0 Å². The van der Waals surface area contributed by atoms with E-state index in [1.807, 2.05) is 237 Å². The van der Waals surface area contributed by atoms with Gasteiger partial charge >= 0.3 is 0 Å². The van der Waals surface area contributed by atoms with Crippen molar-refractivity contribution in [3.8, 4) is 5.75 Å². The molecular weight excluding hydrogens is 1160 g/mol. The largest absolute Gasteiger partial charge is 0.497 e. The van der Waals surface area contributed by atoms with Crippen molar-refractivity contribution in [2.75, 3.05) is 20.3 Å². The molecule has 10 aromatic rings. The molecule has 12 rings (SSSR count). The third-order valence-corrected chi connectivity index (χ3v) is 17.1. The van der Waals surface area contributed by atoms with Gasteiger partial charge in [0.25, 0.3) is 5.91 Å². The Labute approximate surface area is 535 Å². The maximum atomic E-state index is 15.0. The molecule has 10 atom stereocenters. The second-order valence-corrected chi connectivity index (χ2v) is 23.4. The summed E-state index contributed by atoms with van der Waals surface area (Å²) in [6, 6.07) is 84.8. The van der Waals surface area contributed by atoms with Gasteiger partial charge in [-0.3, -0.25) is 9.36 Å². The lowest BCUT2D eigenvalue weighted by Crippen LogP contribution is -2.63. The maximum Gasteiger partial charge on any atom is 0.264 e. The van der Waals surface area contributed by atoms with Crippen LogP contribution in [0.25, 0.3) is 11.0 Å². The van der Waals surface area contributed by atoms with Gasteiger partial charge < -0.3 is 52.1 Å². The van der Waals surface area contributed by atoms with Gasteiger partial charge in [-0.1, -0.05) is 236 Å². The minimum atomic E-state index is -1.10. The number of methoxy groups -OCH3 is 1. The summed E-state index contributed by atoms with van der Waals surface area (Å²) in [6.45, 7) is 1.65. The number of nitrogens with zero attached hydrogens (tertiary/aromatic N) is 2. The van der Waals surface area contributed by atoms with Gasteiger partial charge in [0.15, 0.2) is 11.4 Å². The van der Waals surface area contributed by atoms with Crippen molar-refractivity contribution in [2.45, 2.75) is 112 Å². The predicted octanol–water partition coefficient (Wildman–Crippen LogP) is 14.0. The maximum absolute atomic E-state index is 15.0. The molecule has 0 spiro atoms. The summed E-state index contributed by atoms with van der Waals surface area (Å²) in [5.41, 5.74) is 7.51. The Morgan fingerprint density at radius 1 is 0.396 bits per heavy atom. The minimum absolute atomic E-state index is 0.108. The molecule has 9 aromatic carbocycles. The minimum Gasteiger partial charge on any atom is -0.497 e. The van der Waals surface area contributed by atoms with Gasteiger partial charge in [-0.05, 0) is 75.3 Å². The van der Waals surface area contributed by atoms with E-state index in [1.54, 1.807) is 35.9 Å². The van der Waals surface area contributed by atoms with Crippen molar-refractivity contribution < 1.29 is 56.9 Å². The first-order valence-corrected chi connectivity index (χ1v) is 31.7. The monoisotopic (exact) mass is 1240 g/mol. The highest BCUT2D eigenvalue weighted by molar-refractivity contribution is 7.99. The molecule has 1 aromatic heterocycles. The lowest BCUT2D eigenvalue weighted by molar-refractivity contribution is -0.337. The Kier molecular flexibility index (Phi) is 22.3. The van der Waals surface area contributed by atoms with Gasteiger partial charge in [-0.25, -0.2) is 4.98 Å². The normalized spacial score (nSPS) is 21.5. The lowest BCUT2D eigenvalue weighted by Gasteiger charge is -2.48. The van der Waals surface area contributed by atoms with E-state index in [2.05, 4.69) is 0 Å². The second-order valence-electron chi connectivity index (χ2n) is 22.4. The molecule has 0 N–H and O–H groups in total. The van der Waals surface area contributed by atoms with Crippen LogP contribution in [0.1, 0.15) is 49.3 Å². The number of aromatic nitrogens is 2. The van der Waals surface area contributed by atoms with Crippen LogP contribution in [0, 0.1) is 0 Å². The predicted molar refractivity (Wildman–Crippen MR) is 348 cm³/mol. The Morgan fingerprint density at radius 3 is 1.22 bits per heavy atom. The van der Waals surface area contributed by atoms with E-state index in [0.717, 1.165) is 38.9 Å². The van der Waals surface area contributed by atoms with Crippen LogP contribution in [0.4, 0.5) is 0 Å². The number of carbonyl (C=O) groups excluding carboxylic acids is 1. The molecule has 0 aliphatic carbocycles. The molecule has 2 aliphatic heterocycles. The van der Waals surface area contributed by atoms with Crippen LogP contribution < -0.4 is 4.74 Å². The number of fused-ring (bicyclic) bond motifs is 1. The Hall–Kier alpha value is -8.13. The third kappa shape index (κ3) is 16.9. The highest BCUT2D eigenvalue weighted by atomic mass is 32.2. The Bertz CT molecular complexity index is 3770. The van der Waals surface area contributed by atoms with Crippen LogP contribution in [-0.2, 0) is 93.6 Å². The van der Waals surface area contributed by atoms with E-state index in [0.29, 0.717) is 34.1 Å². The molecule has 0 radical (unpaired) electrons. The second kappa shape index (κ2) is 32.2. The Morgan fingerprint density at radius 2 is 0.769 bits per heavy atom. The highest BCUT2D eigenvalue weighted by Crippen LogP contribution is 2.41. The standard InChI is InChI=1S/C76H74N2O12S/c1-80-62-43-41-61(42-44-62)73(79)78-64-40-24-23-39-63(64)77-76(78)91-75-72(87-51-60-37-21-8-22-38-60)70(85-49-58-33-17-6-18-34-58)68(83-47-56-29-13-4-14-30-56)66(90-75)53-88-74-71(86-50-59-35-19-7-20-36-59)69(84-48-57-31-15-5-16-32-57)67(82-46-55-27-11-3-12-28-55)65(89-74)52-81-45-54-25-9-2-10-26-54/h2-44,65-72,74-75H,45-53H2,1H3/t65-,66-,67-,68-,69+,70+,71-,72-,74?,75+/m1/s1. The third-order valence-electron chi connectivity index (χ3n) is 16.0. The first kappa shape index (κ1) is 63.0. The number of hydrogen-bond acceptors (Lipinski definition) is 14. The first-order chi connectivity index (χ1) is 45.0. The van der Waals surface area contributed by atoms with Gasteiger partial charge in [-0.2, -0.15) is 0 Å². The van der Waals surface area contributed by atoms with Crippen molar-refractivity contribution in [1.82, 2.24) is 9.55 Å². The highest BCUT2D eigenvalue weighted by Gasteiger charge is 2.53. The van der Waals surface area contributed by atoms with Gasteiger partial charge in [0.2, 0.25) is 0 Å². The lowest BCUT2D eigenvalue weighted by atomic mass is 9.97. The number of thioether (sulfide) groups is 1. The van der Waals surface area contributed by atoms with Gasteiger partial charge in [-0.15, -0.1) is 0 Å². The first-order valence-electron chi connectivity index (χ1n) is 30.8. The van der Waals surface area contributed by atoms with E-state index in [1.165, 1.54) is 11.8 Å². The molecule has 2 aliphatic rings. The summed E-state index contributed by atoms with van der Waals surface area (Å²) in [5, 5.41) is 0.383. The van der Waals surface area contributed by atoms with Gasteiger partial charge in [0.1, 0.15) is 60.0 Å². The van der Waals surface area contributed by atoms with E-state index in [-0.39, 0.29) is 58.8 Å².